The second-order valence-corrected chi connectivity index (χ2v) is 3.76. The zero-order valence-corrected chi connectivity index (χ0v) is 9.27. The Hall–Kier alpha value is -0.360. The predicted molar refractivity (Wildman–Crippen MR) is 50.0 cm³/mol. The highest BCUT2D eigenvalue weighted by Gasteiger charge is 2.17. The summed E-state index contributed by atoms with van der Waals surface area (Å²) in [6, 6.07) is 1.25. The van der Waals surface area contributed by atoms with Gasteiger partial charge < -0.3 is 0 Å². The average molecular weight is 315 g/mol. The van der Waals surface area contributed by atoms with E-state index in [9.17, 15) is 13.6 Å². The summed E-state index contributed by atoms with van der Waals surface area (Å²) in [5.74, 6) is 0. The summed E-state index contributed by atoms with van der Waals surface area (Å²) in [6.07, 6.45) is -2.14. The zero-order valence-electron chi connectivity index (χ0n) is 6.10. The second-order valence-electron chi connectivity index (χ2n) is 2.15. The maximum absolute atomic E-state index is 12.3. The highest BCUT2D eigenvalue weighted by Crippen LogP contribution is 2.32. The van der Waals surface area contributed by atoms with E-state index in [0.29, 0.717) is 6.29 Å². The normalized spacial score (nSPS) is 10.5. The second kappa shape index (κ2) is 4.23. The summed E-state index contributed by atoms with van der Waals surface area (Å²) < 4.78 is 24.8. The number of aromatic nitrogens is 1. The Morgan fingerprint density at radius 3 is 2.46 bits per heavy atom. The summed E-state index contributed by atoms with van der Waals surface area (Å²) in [7, 11) is 0. The fourth-order valence-electron chi connectivity index (χ4n) is 0.767. The fourth-order valence-corrected chi connectivity index (χ4v) is 2.22. The number of alkyl halides is 2. The van der Waals surface area contributed by atoms with E-state index in [1.807, 2.05) is 0 Å². The van der Waals surface area contributed by atoms with Crippen molar-refractivity contribution in [3.8, 4) is 0 Å². The molecule has 1 aromatic rings. The smallest absolute Gasteiger partial charge is 0.267 e. The maximum atomic E-state index is 12.3. The molecule has 0 aromatic carbocycles. The molecule has 0 fully saturated rings. The third-order valence-corrected chi connectivity index (χ3v) is 2.58. The van der Waals surface area contributed by atoms with Crippen LogP contribution >= 0.6 is 31.9 Å². The van der Waals surface area contributed by atoms with Crippen molar-refractivity contribution in [1.29, 1.82) is 0 Å². The van der Waals surface area contributed by atoms with Crippen LogP contribution in [0.3, 0.4) is 0 Å². The Morgan fingerprint density at radius 1 is 1.46 bits per heavy atom. The summed E-state index contributed by atoms with van der Waals surface area (Å²) in [5.41, 5.74) is -0.145. The van der Waals surface area contributed by atoms with E-state index >= 15 is 0 Å². The van der Waals surface area contributed by atoms with Crippen molar-refractivity contribution in [3.63, 3.8) is 0 Å². The van der Waals surface area contributed by atoms with Gasteiger partial charge >= 0.3 is 0 Å². The van der Waals surface area contributed by atoms with Gasteiger partial charge in [0.2, 0.25) is 0 Å². The number of rotatable bonds is 2. The largest absolute Gasteiger partial charge is 0.296 e. The van der Waals surface area contributed by atoms with Crippen LogP contribution in [-0.4, -0.2) is 11.3 Å². The SMILES string of the molecule is O=Cc1cc(Br)c(C(F)F)c(Br)n1. The standard InChI is InChI=1S/C7H3Br2F2NO/c8-4-1-3(2-13)12-6(9)5(4)7(10)11/h1-2,7H. The van der Waals surface area contributed by atoms with Crippen LogP contribution in [0, 0.1) is 0 Å². The molecule has 0 amide bonds. The summed E-state index contributed by atoms with van der Waals surface area (Å²) >= 11 is 5.79. The predicted octanol–water partition coefficient (Wildman–Crippen LogP) is 3.36. The lowest BCUT2D eigenvalue weighted by molar-refractivity contribution is 0.111. The molecule has 0 saturated carbocycles. The minimum Gasteiger partial charge on any atom is -0.296 e. The van der Waals surface area contributed by atoms with Crippen molar-refractivity contribution in [2.75, 3.05) is 0 Å². The zero-order chi connectivity index (χ0) is 10.0. The Balaban J connectivity index is 3.31. The van der Waals surface area contributed by atoms with E-state index in [0.717, 1.165) is 0 Å². The summed E-state index contributed by atoms with van der Waals surface area (Å²) in [5, 5.41) is 0. The third-order valence-electron chi connectivity index (χ3n) is 1.32. The molecule has 0 atom stereocenters. The van der Waals surface area contributed by atoms with E-state index in [-0.39, 0.29) is 20.3 Å². The molecule has 0 aliphatic carbocycles. The van der Waals surface area contributed by atoms with Gasteiger partial charge in [0.15, 0.2) is 6.29 Å². The van der Waals surface area contributed by atoms with Gasteiger partial charge in [-0.25, -0.2) is 13.8 Å². The number of pyridine rings is 1. The van der Waals surface area contributed by atoms with Gasteiger partial charge in [-0.3, -0.25) is 4.79 Å². The van der Waals surface area contributed by atoms with Crippen LogP contribution in [0.25, 0.3) is 0 Å². The lowest BCUT2D eigenvalue weighted by Crippen LogP contribution is -1.95. The first-order chi connectivity index (χ1) is 6.06. The van der Waals surface area contributed by atoms with Gasteiger partial charge in [0.05, 0.1) is 5.56 Å². The molecule has 0 unspecified atom stereocenters. The molecule has 0 N–H and O–H groups in total. The molecular formula is C7H3Br2F2NO. The minimum absolute atomic E-state index is 0.0148. The van der Waals surface area contributed by atoms with E-state index in [4.69, 9.17) is 0 Å². The van der Waals surface area contributed by atoms with Gasteiger partial charge in [0.1, 0.15) is 10.3 Å². The Kier molecular flexibility index (Phi) is 3.49. The van der Waals surface area contributed by atoms with Gasteiger partial charge in [-0.05, 0) is 22.0 Å². The summed E-state index contributed by atoms with van der Waals surface area (Å²) in [4.78, 5) is 13.9. The van der Waals surface area contributed by atoms with Crippen molar-refractivity contribution >= 4 is 38.1 Å². The molecule has 0 saturated heterocycles. The van der Waals surface area contributed by atoms with Crippen LogP contribution in [0.2, 0.25) is 0 Å². The molecule has 0 aliphatic rings. The molecular weight excluding hydrogens is 312 g/mol. The highest BCUT2D eigenvalue weighted by atomic mass is 79.9. The Morgan fingerprint density at radius 2 is 2.08 bits per heavy atom. The van der Waals surface area contributed by atoms with Gasteiger partial charge in [0.25, 0.3) is 6.43 Å². The van der Waals surface area contributed by atoms with Crippen molar-refractivity contribution in [2.24, 2.45) is 0 Å². The molecule has 6 heteroatoms. The molecule has 70 valence electrons. The van der Waals surface area contributed by atoms with Crippen LogP contribution in [0.4, 0.5) is 8.78 Å². The number of carbonyl (C=O) groups excluding carboxylic acids is 1. The van der Waals surface area contributed by atoms with Gasteiger partial charge in [0, 0.05) is 4.47 Å². The molecule has 2 nitrogen and oxygen atoms in total. The molecule has 13 heavy (non-hydrogen) atoms. The lowest BCUT2D eigenvalue weighted by atomic mass is 10.2. The fraction of sp³-hybridized carbons (Fsp3) is 0.143. The first-order valence-electron chi connectivity index (χ1n) is 3.15. The quantitative estimate of drug-likeness (QED) is 0.619. The Bertz CT molecular complexity index is 320. The first kappa shape index (κ1) is 10.7. The van der Waals surface area contributed by atoms with E-state index in [1.54, 1.807) is 0 Å². The molecule has 1 heterocycles. The molecule has 0 spiro atoms. The molecule has 0 aliphatic heterocycles. The van der Waals surface area contributed by atoms with E-state index < -0.39 is 6.43 Å². The molecule has 1 rings (SSSR count). The molecule has 1 aromatic heterocycles. The monoisotopic (exact) mass is 313 g/mol. The van der Waals surface area contributed by atoms with Crippen LogP contribution < -0.4 is 0 Å². The van der Waals surface area contributed by atoms with E-state index in [1.165, 1.54) is 6.07 Å². The lowest BCUT2D eigenvalue weighted by Gasteiger charge is -2.05. The molecule has 0 bridgehead atoms. The average Bonchev–Trinajstić information content (AvgIpc) is 2.02. The minimum atomic E-state index is -2.63. The number of nitrogens with zero attached hydrogens (tertiary/aromatic N) is 1. The van der Waals surface area contributed by atoms with Gasteiger partial charge in [-0.2, -0.15) is 0 Å². The van der Waals surface area contributed by atoms with Crippen LogP contribution in [0.1, 0.15) is 22.5 Å². The van der Waals surface area contributed by atoms with Crippen LogP contribution in [0.5, 0.6) is 0 Å². The van der Waals surface area contributed by atoms with Gasteiger partial charge in [-0.15, -0.1) is 0 Å². The van der Waals surface area contributed by atoms with Crippen molar-refractivity contribution < 1.29 is 13.6 Å². The van der Waals surface area contributed by atoms with Gasteiger partial charge in [-0.1, -0.05) is 15.9 Å². The first-order valence-corrected chi connectivity index (χ1v) is 4.74. The maximum Gasteiger partial charge on any atom is 0.267 e. The number of hydrogen-bond donors (Lipinski definition) is 0. The Labute approximate surface area is 89.6 Å². The molecule has 0 radical (unpaired) electrons. The van der Waals surface area contributed by atoms with Crippen molar-refractivity contribution in [2.45, 2.75) is 6.43 Å². The van der Waals surface area contributed by atoms with Crippen LogP contribution in [0.15, 0.2) is 15.1 Å². The van der Waals surface area contributed by atoms with Crippen molar-refractivity contribution in [3.05, 3.63) is 26.4 Å². The van der Waals surface area contributed by atoms with E-state index in [2.05, 4.69) is 36.8 Å². The number of hydrogen-bond acceptors (Lipinski definition) is 2. The highest BCUT2D eigenvalue weighted by molar-refractivity contribution is 9.11. The van der Waals surface area contributed by atoms with Crippen LogP contribution in [-0.2, 0) is 0 Å². The topological polar surface area (TPSA) is 30.0 Å². The third kappa shape index (κ3) is 2.31. The number of halogens is 4. The number of aldehydes is 1. The number of carbonyl (C=O) groups is 1. The van der Waals surface area contributed by atoms with Crippen molar-refractivity contribution in [1.82, 2.24) is 4.98 Å². The summed E-state index contributed by atoms with van der Waals surface area (Å²) in [6.45, 7) is 0.